The van der Waals surface area contributed by atoms with Gasteiger partial charge in [0.2, 0.25) is 5.91 Å². The molecule has 1 N–H and O–H groups in total. The fourth-order valence-electron chi connectivity index (χ4n) is 4.01. The Morgan fingerprint density at radius 3 is 2.36 bits per heavy atom. The number of likely N-dealkylation sites (tertiary alicyclic amines) is 2. The van der Waals surface area contributed by atoms with Crippen molar-refractivity contribution in [3.05, 3.63) is 35.9 Å². The third kappa shape index (κ3) is 4.64. The van der Waals surface area contributed by atoms with Crippen molar-refractivity contribution in [3.8, 4) is 0 Å². The summed E-state index contributed by atoms with van der Waals surface area (Å²) in [7, 11) is 0. The summed E-state index contributed by atoms with van der Waals surface area (Å²) >= 11 is 0. The number of hydrogen-bond donors (Lipinski definition) is 1. The number of hydrogen-bond acceptors (Lipinski definition) is 3. The number of carbonyl (C=O) groups excluding carboxylic acids is 2. The lowest BCUT2D eigenvalue weighted by molar-refractivity contribution is -0.152. The molecular weight excluding hydrogens is 358 g/mol. The maximum absolute atomic E-state index is 13.2. The number of piperidine rings is 1. The molecule has 7 heteroatoms. The number of rotatable bonds is 5. The molecule has 0 aromatic heterocycles. The van der Waals surface area contributed by atoms with Crippen LogP contribution in [0.4, 0.5) is 4.79 Å². The van der Waals surface area contributed by atoms with Gasteiger partial charge in [0.25, 0.3) is 0 Å². The van der Waals surface area contributed by atoms with Crippen LogP contribution in [0, 0.1) is 5.92 Å². The minimum atomic E-state index is -1.02. The molecule has 1 aromatic rings. The van der Waals surface area contributed by atoms with Gasteiger partial charge >= 0.3 is 12.0 Å². The zero-order valence-electron chi connectivity index (χ0n) is 16.4. The van der Waals surface area contributed by atoms with Gasteiger partial charge in [0.15, 0.2) is 0 Å². The molecule has 3 rings (SSSR count). The Kier molecular flexibility index (Phi) is 6.54. The molecule has 152 valence electrons. The van der Waals surface area contributed by atoms with Gasteiger partial charge in [0, 0.05) is 32.7 Å². The minimum Gasteiger partial charge on any atom is -0.480 e. The second kappa shape index (κ2) is 9.08. The average Bonchev–Trinajstić information content (AvgIpc) is 3.26. The molecule has 0 radical (unpaired) electrons. The van der Waals surface area contributed by atoms with Crippen LogP contribution in [0.2, 0.25) is 0 Å². The molecular formula is C21H29N3O4. The lowest BCUT2D eigenvalue weighted by Crippen LogP contribution is -2.52. The predicted molar refractivity (Wildman–Crippen MR) is 105 cm³/mol. The predicted octanol–water partition coefficient (Wildman–Crippen LogP) is 2.42. The molecule has 2 aliphatic heterocycles. The summed E-state index contributed by atoms with van der Waals surface area (Å²) in [5.74, 6) is -1.56. The van der Waals surface area contributed by atoms with Crippen molar-refractivity contribution < 1.29 is 19.5 Å². The van der Waals surface area contributed by atoms with Crippen LogP contribution in [0.1, 0.15) is 38.2 Å². The third-order valence-electron chi connectivity index (χ3n) is 5.72. The van der Waals surface area contributed by atoms with Gasteiger partial charge in [0.05, 0.1) is 5.92 Å². The van der Waals surface area contributed by atoms with Gasteiger partial charge in [-0.25, -0.2) is 9.59 Å². The van der Waals surface area contributed by atoms with Crippen molar-refractivity contribution in [1.29, 1.82) is 0 Å². The van der Waals surface area contributed by atoms with Crippen LogP contribution < -0.4 is 0 Å². The van der Waals surface area contributed by atoms with Crippen LogP contribution in [-0.2, 0) is 16.1 Å². The zero-order chi connectivity index (χ0) is 20.1. The van der Waals surface area contributed by atoms with Crippen LogP contribution in [-0.4, -0.2) is 69.9 Å². The van der Waals surface area contributed by atoms with Gasteiger partial charge in [-0.2, -0.15) is 0 Å². The van der Waals surface area contributed by atoms with Crippen LogP contribution >= 0.6 is 0 Å². The van der Waals surface area contributed by atoms with Gasteiger partial charge in [0.1, 0.15) is 6.04 Å². The van der Waals surface area contributed by atoms with Gasteiger partial charge < -0.3 is 19.8 Å². The van der Waals surface area contributed by atoms with Crippen molar-refractivity contribution >= 4 is 17.9 Å². The van der Waals surface area contributed by atoms with Crippen molar-refractivity contribution in [2.75, 3.05) is 26.2 Å². The quantitative estimate of drug-likeness (QED) is 0.841. The molecule has 0 saturated carbocycles. The summed E-state index contributed by atoms with van der Waals surface area (Å²) in [4.78, 5) is 42.6. The van der Waals surface area contributed by atoms with Gasteiger partial charge in [-0.3, -0.25) is 4.79 Å². The Morgan fingerprint density at radius 2 is 1.71 bits per heavy atom. The summed E-state index contributed by atoms with van der Waals surface area (Å²) in [6.45, 7) is 4.38. The van der Waals surface area contributed by atoms with Gasteiger partial charge in [-0.05, 0) is 38.2 Å². The number of carbonyl (C=O) groups is 3. The van der Waals surface area contributed by atoms with E-state index in [1.807, 2.05) is 35.2 Å². The standard InChI is InChI=1S/C21H29N3O4/c1-16(20(26)27)24(14-17-8-3-2-4-9-17)19(25)18-10-7-13-23(15-18)21(28)22-11-5-6-12-22/h2-4,8-9,16,18H,5-7,10-15H2,1H3,(H,26,27). The molecule has 0 spiro atoms. The maximum Gasteiger partial charge on any atom is 0.326 e. The fourth-order valence-corrected chi connectivity index (χ4v) is 4.01. The van der Waals surface area contributed by atoms with Crippen LogP contribution in [0.25, 0.3) is 0 Å². The summed E-state index contributed by atoms with van der Waals surface area (Å²) in [5, 5.41) is 9.50. The molecule has 2 saturated heterocycles. The van der Waals surface area contributed by atoms with E-state index >= 15 is 0 Å². The fraction of sp³-hybridized carbons (Fsp3) is 0.571. The number of amides is 3. The number of aliphatic carboxylic acids is 1. The van der Waals surface area contributed by atoms with Crippen LogP contribution in [0.15, 0.2) is 30.3 Å². The number of carboxylic acids is 1. The van der Waals surface area contributed by atoms with E-state index in [0.717, 1.165) is 37.9 Å². The van der Waals surface area contributed by atoms with Gasteiger partial charge in [-0.15, -0.1) is 0 Å². The van der Waals surface area contributed by atoms with E-state index in [0.29, 0.717) is 19.5 Å². The zero-order valence-corrected chi connectivity index (χ0v) is 16.4. The molecule has 28 heavy (non-hydrogen) atoms. The topological polar surface area (TPSA) is 81.2 Å². The molecule has 2 unspecified atom stereocenters. The molecule has 3 amide bonds. The Balaban J connectivity index is 1.71. The SMILES string of the molecule is CC(C(=O)O)N(Cc1ccccc1)C(=O)C1CCCN(C(=O)N2CCCC2)C1. The van der Waals surface area contributed by atoms with Crippen molar-refractivity contribution in [2.24, 2.45) is 5.92 Å². The van der Waals surface area contributed by atoms with Gasteiger partial charge in [-0.1, -0.05) is 30.3 Å². The highest BCUT2D eigenvalue weighted by molar-refractivity contribution is 5.85. The molecule has 2 aliphatic rings. The Bertz CT molecular complexity index is 703. The molecule has 1 aromatic carbocycles. The first-order valence-corrected chi connectivity index (χ1v) is 10.1. The van der Waals surface area contributed by atoms with E-state index in [1.54, 1.807) is 11.8 Å². The summed E-state index contributed by atoms with van der Waals surface area (Å²) < 4.78 is 0. The lowest BCUT2D eigenvalue weighted by Gasteiger charge is -2.37. The maximum atomic E-state index is 13.2. The first-order valence-electron chi connectivity index (χ1n) is 10.1. The molecule has 0 bridgehead atoms. The van der Waals surface area contributed by atoms with E-state index < -0.39 is 12.0 Å². The molecule has 2 heterocycles. The van der Waals surface area contributed by atoms with E-state index in [2.05, 4.69) is 0 Å². The first-order chi connectivity index (χ1) is 13.5. The summed E-state index contributed by atoms with van der Waals surface area (Å²) in [5.41, 5.74) is 0.893. The molecule has 0 aliphatic carbocycles. The van der Waals surface area contributed by atoms with Crippen molar-refractivity contribution in [1.82, 2.24) is 14.7 Å². The first kappa shape index (κ1) is 20.2. The minimum absolute atomic E-state index is 0.0101. The monoisotopic (exact) mass is 387 g/mol. The van der Waals surface area contributed by atoms with E-state index in [1.165, 1.54) is 4.90 Å². The number of carboxylic acid groups (broad SMARTS) is 1. The summed E-state index contributed by atoms with van der Waals surface area (Å²) in [6, 6.07) is 8.51. The Labute approximate surface area is 165 Å². The van der Waals surface area contributed by atoms with Crippen molar-refractivity contribution in [2.45, 2.75) is 45.2 Å². The van der Waals surface area contributed by atoms with Crippen molar-refractivity contribution in [3.63, 3.8) is 0 Å². The normalized spacial score (nSPS) is 20.7. The second-order valence-electron chi connectivity index (χ2n) is 7.73. The smallest absolute Gasteiger partial charge is 0.326 e. The highest BCUT2D eigenvalue weighted by Crippen LogP contribution is 2.23. The largest absolute Gasteiger partial charge is 0.480 e. The molecule has 2 fully saturated rings. The second-order valence-corrected chi connectivity index (χ2v) is 7.73. The van der Waals surface area contributed by atoms with Crippen LogP contribution in [0.5, 0.6) is 0 Å². The average molecular weight is 387 g/mol. The van der Waals surface area contributed by atoms with E-state index in [-0.39, 0.29) is 24.4 Å². The number of urea groups is 1. The van der Waals surface area contributed by atoms with E-state index in [4.69, 9.17) is 0 Å². The summed E-state index contributed by atoms with van der Waals surface area (Å²) in [6.07, 6.45) is 3.50. The van der Waals surface area contributed by atoms with Crippen LogP contribution in [0.3, 0.4) is 0 Å². The molecule has 7 nitrogen and oxygen atoms in total. The Hall–Kier alpha value is -2.57. The lowest BCUT2D eigenvalue weighted by atomic mass is 9.95. The number of nitrogens with zero attached hydrogens (tertiary/aromatic N) is 3. The molecule has 2 atom stereocenters. The Morgan fingerprint density at radius 1 is 1.07 bits per heavy atom. The third-order valence-corrected chi connectivity index (χ3v) is 5.72. The number of benzene rings is 1. The highest BCUT2D eigenvalue weighted by Gasteiger charge is 2.36. The van der Waals surface area contributed by atoms with E-state index in [9.17, 15) is 19.5 Å². The highest BCUT2D eigenvalue weighted by atomic mass is 16.4.